The van der Waals surface area contributed by atoms with Crippen LogP contribution in [-0.4, -0.2) is 34.4 Å². The number of guanidine groups is 1. The molecule has 0 saturated carbocycles. The van der Waals surface area contributed by atoms with E-state index in [0.29, 0.717) is 13.1 Å². The first-order valence-corrected chi connectivity index (χ1v) is 9.29. The average Bonchev–Trinajstić information content (AvgIpc) is 3.25. The zero-order valence-electron chi connectivity index (χ0n) is 16.3. The molecule has 1 aliphatic heterocycles. The van der Waals surface area contributed by atoms with Crippen molar-refractivity contribution in [2.24, 2.45) is 4.99 Å². The second-order valence-corrected chi connectivity index (χ2v) is 6.53. The molecular formula is C19H29IN6O. The minimum absolute atomic E-state index is 0. The molecule has 0 atom stereocenters. The largest absolute Gasteiger partial charge is 0.493 e. The zero-order chi connectivity index (χ0) is 18.4. The second kappa shape index (κ2) is 10.5. The molecular weight excluding hydrogens is 455 g/mol. The average molecular weight is 484 g/mol. The molecule has 0 saturated heterocycles. The van der Waals surface area contributed by atoms with E-state index < -0.39 is 0 Å². The van der Waals surface area contributed by atoms with Crippen LogP contribution in [0.4, 0.5) is 0 Å². The third kappa shape index (κ3) is 5.57. The van der Waals surface area contributed by atoms with E-state index in [4.69, 9.17) is 4.74 Å². The first-order chi connectivity index (χ1) is 12.7. The van der Waals surface area contributed by atoms with E-state index in [9.17, 15) is 0 Å². The van der Waals surface area contributed by atoms with Gasteiger partial charge in [0.15, 0.2) is 11.8 Å². The van der Waals surface area contributed by atoms with Gasteiger partial charge in [0.1, 0.15) is 11.6 Å². The molecule has 0 radical (unpaired) electrons. The molecule has 0 spiro atoms. The summed E-state index contributed by atoms with van der Waals surface area (Å²) in [7, 11) is 1.77. The van der Waals surface area contributed by atoms with Gasteiger partial charge in [-0.25, -0.2) is 0 Å². The Hall–Kier alpha value is -1.84. The summed E-state index contributed by atoms with van der Waals surface area (Å²) < 4.78 is 8.07. The molecule has 27 heavy (non-hydrogen) atoms. The lowest BCUT2D eigenvalue weighted by Gasteiger charge is -2.15. The molecule has 148 valence electrons. The number of fused-ring (bicyclic) bond motifs is 1. The van der Waals surface area contributed by atoms with Gasteiger partial charge < -0.3 is 19.9 Å². The van der Waals surface area contributed by atoms with Gasteiger partial charge in [0.05, 0.1) is 13.2 Å². The van der Waals surface area contributed by atoms with Crippen molar-refractivity contribution in [1.29, 1.82) is 0 Å². The van der Waals surface area contributed by atoms with E-state index in [1.54, 1.807) is 7.05 Å². The molecule has 2 heterocycles. The van der Waals surface area contributed by atoms with Crippen LogP contribution in [0.5, 0.6) is 5.75 Å². The Bertz CT molecular complexity index is 774. The van der Waals surface area contributed by atoms with E-state index in [-0.39, 0.29) is 24.0 Å². The van der Waals surface area contributed by atoms with Gasteiger partial charge in [0.2, 0.25) is 0 Å². The predicted octanol–water partition coefficient (Wildman–Crippen LogP) is 2.80. The van der Waals surface area contributed by atoms with Crippen LogP contribution in [0.25, 0.3) is 0 Å². The maximum Gasteiger partial charge on any atom is 0.191 e. The highest BCUT2D eigenvalue weighted by Gasteiger charge is 2.17. The summed E-state index contributed by atoms with van der Waals surface area (Å²) >= 11 is 0. The van der Waals surface area contributed by atoms with Crippen LogP contribution < -0.4 is 15.4 Å². The quantitative estimate of drug-likeness (QED) is 0.359. The zero-order valence-corrected chi connectivity index (χ0v) is 18.6. The van der Waals surface area contributed by atoms with Crippen molar-refractivity contribution in [3.05, 3.63) is 41.0 Å². The first-order valence-electron chi connectivity index (χ1n) is 9.29. The molecule has 8 heteroatoms. The summed E-state index contributed by atoms with van der Waals surface area (Å²) in [6.07, 6.45) is 3.17. The third-order valence-electron chi connectivity index (χ3n) is 4.45. The van der Waals surface area contributed by atoms with Crippen LogP contribution in [0, 0.1) is 6.92 Å². The number of nitrogens with one attached hydrogen (secondary N) is 2. The van der Waals surface area contributed by atoms with Gasteiger partial charge in [-0.1, -0.05) is 19.1 Å². The summed E-state index contributed by atoms with van der Waals surface area (Å²) in [4.78, 5) is 4.30. The Labute approximate surface area is 178 Å². The Balaban J connectivity index is 0.00000261. The van der Waals surface area contributed by atoms with Crippen molar-refractivity contribution >= 4 is 29.9 Å². The molecule has 0 unspecified atom stereocenters. The number of aliphatic imine (C=N–C) groups is 1. The molecule has 0 aliphatic carbocycles. The molecule has 7 nitrogen and oxygen atoms in total. The van der Waals surface area contributed by atoms with E-state index in [2.05, 4.69) is 62.4 Å². The lowest BCUT2D eigenvalue weighted by Crippen LogP contribution is -2.37. The standard InChI is InChI=1S/C19H28N6O.HI/c1-4-10-26-16-11-14(2)7-8-15(16)12-21-19(20-3)22-13-18-24-23-17-6-5-9-25(17)18;/h7-8,11H,4-6,9-10,12-13H2,1-3H3,(H2,20,21,22);1H. The number of ether oxygens (including phenoxy) is 1. The van der Waals surface area contributed by atoms with Gasteiger partial charge >= 0.3 is 0 Å². The summed E-state index contributed by atoms with van der Waals surface area (Å²) in [6.45, 7) is 7.18. The number of benzene rings is 1. The molecule has 2 N–H and O–H groups in total. The summed E-state index contributed by atoms with van der Waals surface area (Å²) in [6, 6.07) is 6.29. The summed E-state index contributed by atoms with van der Waals surface area (Å²) in [5, 5.41) is 15.2. The molecule has 1 aromatic heterocycles. The maximum atomic E-state index is 5.88. The van der Waals surface area contributed by atoms with E-state index in [0.717, 1.165) is 61.3 Å². The lowest BCUT2D eigenvalue weighted by atomic mass is 10.1. The number of nitrogens with zero attached hydrogens (tertiary/aromatic N) is 4. The number of hydrogen-bond acceptors (Lipinski definition) is 4. The van der Waals surface area contributed by atoms with Crippen molar-refractivity contribution in [2.45, 2.75) is 52.7 Å². The third-order valence-corrected chi connectivity index (χ3v) is 4.45. The van der Waals surface area contributed by atoms with Crippen LogP contribution in [0.2, 0.25) is 0 Å². The number of rotatable bonds is 7. The highest BCUT2D eigenvalue weighted by atomic mass is 127. The van der Waals surface area contributed by atoms with E-state index >= 15 is 0 Å². The van der Waals surface area contributed by atoms with Crippen LogP contribution in [0.15, 0.2) is 23.2 Å². The SMILES string of the molecule is CCCOc1cc(C)ccc1CNC(=NC)NCc1nnc2n1CCC2.I. The second-order valence-electron chi connectivity index (χ2n) is 6.53. The minimum Gasteiger partial charge on any atom is -0.493 e. The molecule has 0 fully saturated rings. The topological polar surface area (TPSA) is 76.4 Å². The monoisotopic (exact) mass is 484 g/mol. The number of aromatic nitrogens is 3. The summed E-state index contributed by atoms with van der Waals surface area (Å²) in [5.41, 5.74) is 2.32. The highest BCUT2D eigenvalue weighted by Crippen LogP contribution is 2.20. The fraction of sp³-hybridized carbons (Fsp3) is 0.526. The molecule has 2 aromatic rings. The first kappa shape index (κ1) is 21.5. The normalized spacial score (nSPS) is 13.1. The van der Waals surface area contributed by atoms with Gasteiger partial charge in [0, 0.05) is 32.1 Å². The minimum atomic E-state index is 0. The van der Waals surface area contributed by atoms with Crippen molar-refractivity contribution < 1.29 is 4.74 Å². The maximum absolute atomic E-state index is 5.88. The van der Waals surface area contributed by atoms with Gasteiger partial charge in [-0.15, -0.1) is 34.2 Å². The molecule has 0 bridgehead atoms. The van der Waals surface area contributed by atoms with Gasteiger partial charge in [-0.3, -0.25) is 4.99 Å². The molecule has 3 rings (SSSR count). The van der Waals surface area contributed by atoms with Gasteiger partial charge in [-0.2, -0.15) is 0 Å². The fourth-order valence-electron chi connectivity index (χ4n) is 3.06. The van der Waals surface area contributed by atoms with Crippen LogP contribution >= 0.6 is 24.0 Å². The van der Waals surface area contributed by atoms with Gasteiger partial charge in [0.25, 0.3) is 0 Å². The Kier molecular flexibility index (Phi) is 8.33. The van der Waals surface area contributed by atoms with E-state index in [1.165, 1.54) is 5.56 Å². The van der Waals surface area contributed by atoms with Crippen molar-refractivity contribution in [2.75, 3.05) is 13.7 Å². The summed E-state index contributed by atoms with van der Waals surface area (Å²) in [5.74, 6) is 3.72. The Morgan fingerprint density at radius 2 is 2.07 bits per heavy atom. The van der Waals surface area contributed by atoms with Crippen LogP contribution in [-0.2, 0) is 26.1 Å². The van der Waals surface area contributed by atoms with Crippen LogP contribution in [0.3, 0.4) is 0 Å². The van der Waals surface area contributed by atoms with Crippen molar-refractivity contribution in [3.63, 3.8) is 0 Å². The van der Waals surface area contributed by atoms with Gasteiger partial charge in [-0.05, 0) is 31.4 Å². The highest BCUT2D eigenvalue weighted by molar-refractivity contribution is 14.0. The Morgan fingerprint density at radius 1 is 1.26 bits per heavy atom. The Morgan fingerprint density at radius 3 is 2.85 bits per heavy atom. The van der Waals surface area contributed by atoms with Crippen molar-refractivity contribution in [3.8, 4) is 5.75 Å². The molecule has 1 aliphatic rings. The predicted molar refractivity (Wildman–Crippen MR) is 118 cm³/mol. The van der Waals surface area contributed by atoms with E-state index in [1.807, 2.05) is 0 Å². The number of aryl methyl sites for hydroxylation is 2. The number of halogens is 1. The van der Waals surface area contributed by atoms with Crippen LogP contribution in [0.1, 0.15) is 42.5 Å². The number of hydrogen-bond donors (Lipinski definition) is 2. The lowest BCUT2D eigenvalue weighted by molar-refractivity contribution is 0.313. The fourth-order valence-corrected chi connectivity index (χ4v) is 3.06. The molecule has 1 aromatic carbocycles. The molecule has 0 amide bonds. The smallest absolute Gasteiger partial charge is 0.191 e. The van der Waals surface area contributed by atoms with Crippen molar-refractivity contribution in [1.82, 2.24) is 25.4 Å².